The van der Waals surface area contributed by atoms with Gasteiger partial charge in [-0.05, 0) is 31.5 Å². The van der Waals surface area contributed by atoms with Crippen molar-refractivity contribution in [1.82, 2.24) is 9.62 Å². The molecule has 0 spiro atoms. The van der Waals surface area contributed by atoms with Crippen LogP contribution in [0.5, 0.6) is 0 Å². The van der Waals surface area contributed by atoms with E-state index in [2.05, 4.69) is 23.5 Å². The van der Waals surface area contributed by atoms with Crippen molar-refractivity contribution in [2.24, 2.45) is 5.73 Å². The van der Waals surface area contributed by atoms with Gasteiger partial charge in [-0.25, -0.2) is 13.1 Å². The lowest BCUT2D eigenvalue weighted by molar-refractivity contribution is 0.256. The predicted molar refractivity (Wildman–Crippen MR) is 87.3 cm³/mol. The molecule has 120 valence electrons. The van der Waals surface area contributed by atoms with Gasteiger partial charge in [0.25, 0.3) is 0 Å². The Labute approximate surface area is 128 Å². The molecule has 1 atom stereocenters. The average Bonchev–Trinajstić information content (AvgIpc) is 2.45. The average molecular weight is 313 g/mol. The summed E-state index contributed by atoms with van der Waals surface area (Å²) >= 11 is 0. The molecule has 1 aromatic carbocycles. The third kappa shape index (κ3) is 6.56. The van der Waals surface area contributed by atoms with Crippen molar-refractivity contribution in [3.63, 3.8) is 0 Å². The molecule has 0 amide bonds. The monoisotopic (exact) mass is 313 g/mol. The van der Waals surface area contributed by atoms with Crippen molar-refractivity contribution in [2.75, 3.05) is 20.1 Å². The van der Waals surface area contributed by atoms with Crippen LogP contribution in [0.3, 0.4) is 0 Å². The van der Waals surface area contributed by atoms with Gasteiger partial charge in [0, 0.05) is 25.7 Å². The van der Waals surface area contributed by atoms with E-state index in [1.807, 2.05) is 31.3 Å². The number of nitrogens with two attached hydrogens (primary N) is 1. The lowest BCUT2D eigenvalue weighted by Gasteiger charge is -2.23. The largest absolute Gasteiger partial charge is 0.326 e. The lowest BCUT2D eigenvalue weighted by Crippen LogP contribution is -2.37. The first-order valence-corrected chi connectivity index (χ1v) is 8.98. The van der Waals surface area contributed by atoms with Crippen LogP contribution in [0.25, 0.3) is 0 Å². The van der Waals surface area contributed by atoms with E-state index in [0.29, 0.717) is 25.7 Å². The zero-order valence-electron chi connectivity index (χ0n) is 13.2. The fourth-order valence-corrected chi connectivity index (χ4v) is 3.15. The van der Waals surface area contributed by atoms with Crippen LogP contribution < -0.4 is 10.5 Å². The van der Waals surface area contributed by atoms with Crippen LogP contribution in [0, 0.1) is 0 Å². The topological polar surface area (TPSA) is 75.4 Å². The number of benzene rings is 1. The number of nitrogens with one attached hydrogen (secondary N) is 1. The Bertz CT molecular complexity index is 531. The molecule has 0 saturated carbocycles. The Balaban J connectivity index is 2.50. The zero-order valence-corrected chi connectivity index (χ0v) is 14.0. The third-order valence-corrected chi connectivity index (χ3v) is 5.07. The number of hydrogen-bond donors (Lipinski definition) is 2. The Hall–Kier alpha value is -0.950. The molecule has 0 aliphatic rings. The SMILES string of the molecule is CCC(C)N(C)CCNS(=O)(=O)Cc1cccc(CN)c1. The molecule has 21 heavy (non-hydrogen) atoms. The van der Waals surface area contributed by atoms with Crippen molar-refractivity contribution in [2.45, 2.75) is 38.6 Å². The second-order valence-electron chi connectivity index (χ2n) is 5.42. The molecule has 0 bridgehead atoms. The molecule has 0 saturated heterocycles. The smallest absolute Gasteiger partial charge is 0.215 e. The third-order valence-electron chi connectivity index (χ3n) is 3.71. The molecule has 0 aliphatic carbocycles. The fraction of sp³-hybridized carbons (Fsp3) is 0.600. The van der Waals surface area contributed by atoms with E-state index < -0.39 is 10.0 Å². The van der Waals surface area contributed by atoms with Crippen LogP contribution in [-0.2, 0) is 22.3 Å². The van der Waals surface area contributed by atoms with E-state index in [-0.39, 0.29) is 5.75 Å². The number of nitrogens with zero attached hydrogens (tertiary/aromatic N) is 1. The molecule has 0 radical (unpaired) electrons. The van der Waals surface area contributed by atoms with Gasteiger partial charge >= 0.3 is 0 Å². The molecule has 0 heterocycles. The summed E-state index contributed by atoms with van der Waals surface area (Å²) in [6.07, 6.45) is 1.05. The zero-order chi connectivity index (χ0) is 15.9. The van der Waals surface area contributed by atoms with E-state index in [1.54, 1.807) is 0 Å². The predicted octanol–water partition coefficient (Wildman–Crippen LogP) is 1.30. The summed E-state index contributed by atoms with van der Waals surface area (Å²) in [4.78, 5) is 2.15. The van der Waals surface area contributed by atoms with Gasteiger partial charge in [-0.1, -0.05) is 31.2 Å². The molecule has 6 heteroatoms. The second-order valence-corrected chi connectivity index (χ2v) is 7.22. The van der Waals surface area contributed by atoms with Crippen LogP contribution in [0.1, 0.15) is 31.4 Å². The molecule has 1 rings (SSSR count). The van der Waals surface area contributed by atoms with E-state index in [1.165, 1.54) is 0 Å². The number of likely N-dealkylation sites (N-methyl/N-ethyl adjacent to an activating group) is 1. The maximum Gasteiger partial charge on any atom is 0.215 e. The van der Waals surface area contributed by atoms with Crippen molar-refractivity contribution in [1.29, 1.82) is 0 Å². The summed E-state index contributed by atoms with van der Waals surface area (Å²) < 4.78 is 26.8. The highest BCUT2D eigenvalue weighted by molar-refractivity contribution is 7.88. The Morgan fingerprint density at radius 3 is 2.62 bits per heavy atom. The first kappa shape index (κ1) is 18.1. The molecule has 0 fully saturated rings. The van der Waals surface area contributed by atoms with Gasteiger partial charge in [0.15, 0.2) is 0 Å². The summed E-state index contributed by atoms with van der Waals surface area (Å²) in [6, 6.07) is 7.83. The fourth-order valence-electron chi connectivity index (χ4n) is 2.03. The summed E-state index contributed by atoms with van der Waals surface area (Å²) in [5.74, 6) is -0.00607. The van der Waals surface area contributed by atoms with Gasteiger partial charge in [-0.2, -0.15) is 0 Å². The van der Waals surface area contributed by atoms with E-state index in [9.17, 15) is 8.42 Å². The van der Waals surface area contributed by atoms with Crippen LogP contribution in [0.15, 0.2) is 24.3 Å². The van der Waals surface area contributed by atoms with Crippen LogP contribution in [-0.4, -0.2) is 39.5 Å². The maximum atomic E-state index is 12.1. The minimum atomic E-state index is -3.31. The number of sulfonamides is 1. The quantitative estimate of drug-likeness (QED) is 0.720. The number of hydrogen-bond acceptors (Lipinski definition) is 4. The van der Waals surface area contributed by atoms with E-state index in [0.717, 1.165) is 17.5 Å². The Morgan fingerprint density at radius 2 is 2.00 bits per heavy atom. The van der Waals surface area contributed by atoms with Crippen molar-refractivity contribution < 1.29 is 8.42 Å². The maximum absolute atomic E-state index is 12.1. The molecule has 1 unspecified atom stereocenters. The van der Waals surface area contributed by atoms with Gasteiger partial charge in [-0.3, -0.25) is 0 Å². The van der Waals surface area contributed by atoms with Crippen molar-refractivity contribution in [3.05, 3.63) is 35.4 Å². The Morgan fingerprint density at radius 1 is 1.33 bits per heavy atom. The molecular formula is C15H27N3O2S. The molecule has 1 aromatic rings. The van der Waals surface area contributed by atoms with Gasteiger partial charge < -0.3 is 10.6 Å². The molecule has 5 nitrogen and oxygen atoms in total. The minimum Gasteiger partial charge on any atom is -0.326 e. The van der Waals surface area contributed by atoms with Crippen molar-refractivity contribution in [3.8, 4) is 0 Å². The Kier molecular flexibility index (Phi) is 7.31. The second kappa shape index (κ2) is 8.48. The van der Waals surface area contributed by atoms with Crippen LogP contribution in [0.2, 0.25) is 0 Å². The summed E-state index contributed by atoms with van der Waals surface area (Å²) in [5.41, 5.74) is 7.28. The van der Waals surface area contributed by atoms with E-state index >= 15 is 0 Å². The molecular weight excluding hydrogens is 286 g/mol. The van der Waals surface area contributed by atoms with Gasteiger partial charge in [0.05, 0.1) is 5.75 Å². The van der Waals surface area contributed by atoms with Gasteiger partial charge in [0.2, 0.25) is 10.0 Å². The standard InChI is InChI=1S/C15H27N3O2S/c1-4-13(2)18(3)9-8-17-21(19,20)12-15-7-5-6-14(10-15)11-16/h5-7,10,13,17H,4,8-9,11-12,16H2,1-3H3. The lowest BCUT2D eigenvalue weighted by atomic mass is 10.1. The van der Waals surface area contributed by atoms with Crippen molar-refractivity contribution >= 4 is 10.0 Å². The highest BCUT2D eigenvalue weighted by Crippen LogP contribution is 2.08. The van der Waals surface area contributed by atoms with E-state index in [4.69, 9.17) is 5.73 Å². The van der Waals surface area contributed by atoms with Crippen LogP contribution in [0.4, 0.5) is 0 Å². The summed E-state index contributed by atoms with van der Waals surface area (Å²) in [6.45, 7) is 5.81. The minimum absolute atomic E-state index is 0.00607. The summed E-state index contributed by atoms with van der Waals surface area (Å²) in [5, 5.41) is 0. The molecule has 0 aliphatic heterocycles. The summed E-state index contributed by atoms with van der Waals surface area (Å²) in [7, 11) is -1.30. The number of rotatable bonds is 9. The highest BCUT2D eigenvalue weighted by Gasteiger charge is 2.13. The van der Waals surface area contributed by atoms with Crippen LogP contribution >= 0.6 is 0 Å². The van der Waals surface area contributed by atoms with Gasteiger partial charge in [0.1, 0.15) is 0 Å². The molecule has 0 aromatic heterocycles. The first-order valence-electron chi connectivity index (χ1n) is 7.33. The molecule has 3 N–H and O–H groups in total. The highest BCUT2D eigenvalue weighted by atomic mass is 32.2. The first-order chi connectivity index (χ1) is 9.88. The normalized spacial score (nSPS) is 13.6. The van der Waals surface area contributed by atoms with Gasteiger partial charge in [-0.15, -0.1) is 0 Å².